The van der Waals surface area contributed by atoms with Gasteiger partial charge >= 0.3 is 29.6 Å². The number of rotatable bonds is 2. The van der Waals surface area contributed by atoms with Crippen LogP contribution in [0.2, 0.25) is 0 Å². The van der Waals surface area contributed by atoms with Gasteiger partial charge < -0.3 is 9.66 Å². The molecule has 0 radical (unpaired) electrons. The summed E-state index contributed by atoms with van der Waals surface area (Å²) in [4.78, 5) is -0.281. The third-order valence-electron chi connectivity index (χ3n) is 1.65. The standard InChI is InChI=1S/C8H10O4S.Na/c1-6(9)7-2-4-8(5-3-7)13(10,11)12;/h2-6,9H,1H3,(H,10,11,12);/q;+1/p-1. The van der Waals surface area contributed by atoms with Crippen LogP contribution in [-0.2, 0) is 10.1 Å². The van der Waals surface area contributed by atoms with Crippen molar-refractivity contribution >= 4 is 10.1 Å². The minimum absolute atomic E-state index is 0. The van der Waals surface area contributed by atoms with Gasteiger partial charge in [-0.2, -0.15) is 0 Å². The van der Waals surface area contributed by atoms with Gasteiger partial charge in [0.1, 0.15) is 10.1 Å². The Morgan fingerprint density at radius 2 is 1.71 bits per heavy atom. The van der Waals surface area contributed by atoms with Crippen LogP contribution in [0, 0.1) is 0 Å². The molecule has 0 amide bonds. The molecule has 6 heteroatoms. The quantitative estimate of drug-likeness (QED) is 0.450. The number of benzene rings is 1. The van der Waals surface area contributed by atoms with Crippen molar-refractivity contribution in [2.24, 2.45) is 0 Å². The molecule has 0 spiro atoms. The van der Waals surface area contributed by atoms with Crippen molar-refractivity contribution in [2.45, 2.75) is 17.9 Å². The third kappa shape index (κ3) is 3.68. The van der Waals surface area contributed by atoms with E-state index in [0.717, 1.165) is 0 Å². The SMILES string of the molecule is CC(O)c1ccc(S(=O)(=O)[O-])cc1.[Na+]. The maximum absolute atomic E-state index is 10.5. The fraction of sp³-hybridized carbons (Fsp3) is 0.250. The largest absolute Gasteiger partial charge is 1.00 e. The van der Waals surface area contributed by atoms with E-state index < -0.39 is 16.2 Å². The molecular formula is C8H9NaO4S. The van der Waals surface area contributed by atoms with Crippen LogP contribution < -0.4 is 29.6 Å². The Balaban J connectivity index is 0.00000169. The Kier molecular flexibility index (Phi) is 5.28. The maximum Gasteiger partial charge on any atom is 1.00 e. The van der Waals surface area contributed by atoms with E-state index in [1.165, 1.54) is 24.3 Å². The van der Waals surface area contributed by atoms with Crippen LogP contribution >= 0.6 is 0 Å². The Labute approximate surface area is 105 Å². The molecule has 0 bridgehead atoms. The first-order valence-electron chi connectivity index (χ1n) is 3.65. The zero-order valence-corrected chi connectivity index (χ0v) is 10.8. The summed E-state index contributed by atoms with van der Waals surface area (Å²) in [7, 11) is -4.38. The third-order valence-corrected chi connectivity index (χ3v) is 2.50. The molecule has 0 saturated carbocycles. The molecule has 0 aliphatic heterocycles. The van der Waals surface area contributed by atoms with E-state index in [-0.39, 0.29) is 34.5 Å². The van der Waals surface area contributed by atoms with Crippen molar-refractivity contribution in [3.8, 4) is 0 Å². The summed E-state index contributed by atoms with van der Waals surface area (Å²) in [6.45, 7) is 1.56. The van der Waals surface area contributed by atoms with Gasteiger partial charge in [0.2, 0.25) is 0 Å². The Hall–Kier alpha value is 0.0900. The number of aliphatic hydroxyl groups excluding tert-OH is 1. The topological polar surface area (TPSA) is 77.4 Å². The zero-order chi connectivity index (χ0) is 10.1. The average molecular weight is 224 g/mol. The minimum Gasteiger partial charge on any atom is -0.744 e. The van der Waals surface area contributed by atoms with Crippen molar-refractivity contribution in [3.63, 3.8) is 0 Å². The van der Waals surface area contributed by atoms with Crippen molar-refractivity contribution in [1.29, 1.82) is 0 Å². The summed E-state index contributed by atoms with van der Waals surface area (Å²) in [5.74, 6) is 0. The van der Waals surface area contributed by atoms with Crippen LogP contribution in [0.25, 0.3) is 0 Å². The molecule has 0 aliphatic carbocycles. The van der Waals surface area contributed by atoms with Gasteiger partial charge in [-0.15, -0.1) is 0 Å². The maximum atomic E-state index is 10.5. The predicted molar refractivity (Wildman–Crippen MR) is 45.0 cm³/mol. The molecule has 1 N–H and O–H groups in total. The molecule has 1 aromatic rings. The zero-order valence-electron chi connectivity index (χ0n) is 7.97. The van der Waals surface area contributed by atoms with Crippen LogP contribution in [0.5, 0.6) is 0 Å². The van der Waals surface area contributed by atoms with Crippen LogP contribution in [0.4, 0.5) is 0 Å². The summed E-state index contributed by atoms with van der Waals surface area (Å²) in [6, 6.07) is 5.19. The van der Waals surface area contributed by atoms with E-state index in [1.807, 2.05) is 0 Å². The molecule has 1 rings (SSSR count). The molecule has 0 aliphatic rings. The van der Waals surface area contributed by atoms with Crippen LogP contribution in [0.1, 0.15) is 18.6 Å². The number of hydrogen-bond acceptors (Lipinski definition) is 4. The van der Waals surface area contributed by atoms with Crippen molar-refractivity contribution < 1.29 is 47.6 Å². The van der Waals surface area contributed by atoms with Gasteiger partial charge in [0.25, 0.3) is 0 Å². The van der Waals surface area contributed by atoms with Gasteiger partial charge in [-0.05, 0) is 24.6 Å². The first-order chi connectivity index (χ1) is 5.91. The molecule has 1 atom stereocenters. The summed E-state index contributed by atoms with van der Waals surface area (Å²) in [5.41, 5.74) is 0.576. The van der Waals surface area contributed by atoms with Crippen molar-refractivity contribution in [2.75, 3.05) is 0 Å². The van der Waals surface area contributed by atoms with E-state index in [9.17, 15) is 13.0 Å². The second-order valence-corrected chi connectivity index (χ2v) is 4.08. The summed E-state index contributed by atoms with van der Waals surface area (Å²) >= 11 is 0. The molecule has 0 saturated heterocycles. The fourth-order valence-corrected chi connectivity index (χ4v) is 1.38. The van der Waals surface area contributed by atoms with Gasteiger partial charge in [-0.25, -0.2) is 8.42 Å². The first kappa shape index (κ1) is 14.1. The van der Waals surface area contributed by atoms with E-state index in [0.29, 0.717) is 5.56 Å². The van der Waals surface area contributed by atoms with Gasteiger partial charge in [-0.1, -0.05) is 12.1 Å². The first-order valence-corrected chi connectivity index (χ1v) is 5.06. The number of aliphatic hydroxyl groups is 1. The Bertz CT molecular complexity index is 382. The molecule has 0 heterocycles. The Morgan fingerprint density at radius 1 is 1.29 bits per heavy atom. The molecule has 1 aromatic carbocycles. The molecular weight excluding hydrogens is 215 g/mol. The predicted octanol–water partition coefficient (Wildman–Crippen LogP) is -2.35. The summed E-state index contributed by atoms with van der Waals surface area (Å²) in [5, 5.41) is 9.09. The monoisotopic (exact) mass is 224 g/mol. The van der Waals surface area contributed by atoms with Crippen LogP contribution in [-0.4, -0.2) is 18.1 Å². The van der Waals surface area contributed by atoms with Crippen LogP contribution in [0.15, 0.2) is 29.2 Å². The van der Waals surface area contributed by atoms with Crippen molar-refractivity contribution in [3.05, 3.63) is 29.8 Å². The van der Waals surface area contributed by atoms with E-state index in [1.54, 1.807) is 6.92 Å². The van der Waals surface area contributed by atoms with E-state index in [4.69, 9.17) is 5.11 Å². The molecule has 1 unspecified atom stereocenters. The second kappa shape index (κ2) is 5.25. The molecule has 0 fully saturated rings. The molecule has 72 valence electrons. The second-order valence-electron chi connectivity index (χ2n) is 2.70. The number of hydrogen-bond donors (Lipinski definition) is 1. The smallest absolute Gasteiger partial charge is 0.744 e. The fourth-order valence-electron chi connectivity index (χ4n) is 0.913. The minimum atomic E-state index is -4.38. The van der Waals surface area contributed by atoms with Crippen LogP contribution in [0.3, 0.4) is 0 Å². The Morgan fingerprint density at radius 3 is 2.00 bits per heavy atom. The average Bonchev–Trinajstić information content (AvgIpc) is 2.03. The molecule has 14 heavy (non-hydrogen) atoms. The van der Waals surface area contributed by atoms with E-state index in [2.05, 4.69) is 0 Å². The van der Waals surface area contributed by atoms with Gasteiger partial charge in [0, 0.05) is 0 Å². The normalized spacial score (nSPS) is 13.1. The molecule has 4 nitrogen and oxygen atoms in total. The van der Waals surface area contributed by atoms with Crippen molar-refractivity contribution in [1.82, 2.24) is 0 Å². The summed E-state index contributed by atoms with van der Waals surface area (Å²) in [6.07, 6.45) is -0.664. The summed E-state index contributed by atoms with van der Waals surface area (Å²) < 4.78 is 31.5. The van der Waals surface area contributed by atoms with E-state index >= 15 is 0 Å². The van der Waals surface area contributed by atoms with Gasteiger partial charge in [0.05, 0.1) is 11.0 Å². The van der Waals surface area contributed by atoms with Gasteiger partial charge in [-0.3, -0.25) is 0 Å². The van der Waals surface area contributed by atoms with Gasteiger partial charge in [0.15, 0.2) is 0 Å². The molecule has 0 aromatic heterocycles.